The Morgan fingerprint density at radius 3 is 2.48 bits per heavy atom. The van der Waals surface area contributed by atoms with Crippen molar-refractivity contribution in [2.75, 3.05) is 7.11 Å². The first-order valence-electron chi connectivity index (χ1n) is 8.16. The standard InChI is InChI=1S/C20H21N3O2/c1-15(17-5-7-18(8-6-17)23-12-11-21-14-23)22-20(24)13-16-3-9-19(25-2)10-4-16/h3-12,14-15H,13H2,1-2H3,(H,22,24)/t15-/m0/s1. The molecular formula is C20H21N3O2. The molecule has 1 heterocycles. The topological polar surface area (TPSA) is 56.1 Å². The molecule has 0 fully saturated rings. The number of nitrogens with one attached hydrogen (secondary N) is 1. The molecule has 0 saturated carbocycles. The summed E-state index contributed by atoms with van der Waals surface area (Å²) in [4.78, 5) is 16.3. The quantitative estimate of drug-likeness (QED) is 0.752. The van der Waals surface area contributed by atoms with Crippen molar-refractivity contribution in [1.29, 1.82) is 0 Å². The second-order valence-electron chi connectivity index (χ2n) is 5.88. The Morgan fingerprint density at radius 1 is 1.16 bits per heavy atom. The molecule has 25 heavy (non-hydrogen) atoms. The van der Waals surface area contributed by atoms with Crippen LogP contribution in [0, 0.1) is 0 Å². The first-order valence-corrected chi connectivity index (χ1v) is 8.16. The molecule has 2 aromatic carbocycles. The van der Waals surface area contributed by atoms with Crippen molar-refractivity contribution in [3.05, 3.63) is 78.4 Å². The van der Waals surface area contributed by atoms with Gasteiger partial charge in [-0.1, -0.05) is 24.3 Å². The van der Waals surface area contributed by atoms with Crippen LogP contribution in [0.5, 0.6) is 5.75 Å². The minimum atomic E-state index is -0.0532. The van der Waals surface area contributed by atoms with Crippen LogP contribution in [0.15, 0.2) is 67.3 Å². The third-order valence-corrected chi connectivity index (χ3v) is 4.10. The van der Waals surface area contributed by atoms with Crippen molar-refractivity contribution in [3.8, 4) is 11.4 Å². The Morgan fingerprint density at radius 2 is 1.88 bits per heavy atom. The van der Waals surface area contributed by atoms with E-state index in [-0.39, 0.29) is 11.9 Å². The monoisotopic (exact) mass is 335 g/mol. The Hall–Kier alpha value is -3.08. The van der Waals surface area contributed by atoms with Gasteiger partial charge in [0, 0.05) is 18.1 Å². The van der Waals surface area contributed by atoms with Crippen molar-refractivity contribution in [1.82, 2.24) is 14.9 Å². The van der Waals surface area contributed by atoms with Crippen LogP contribution in [0.3, 0.4) is 0 Å². The van der Waals surface area contributed by atoms with Crippen LogP contribution in [-0.2, 0) is 11.2 Å². The second-order valence-corrected chi connectivity index (χ2v) is 5.88. The van der Waals surface area contributed by atoms with Crippen LogP contribution in [0.1, 0.15) is 24.1 Å². The molecule has 0 radical (unpaired) electrons. The summed E-state index contributed by atoms with van der Waals surface area (Å²) >= 11 is 0. The molecular weight excluding hydrogens is 314 g/mol. The van der Waals surface area contributed by atoms with Gasteiger partial charge in [-0.05, 0) is 42.3 Å². The van der Waals surface area contributed by atoms with Gasteiger partial charge in [-0.25, -0.2) is 4.98 Å². The maximum atomic E-state index is 12.2. The fourth-order valence-electron chi connectivity index (χ4n) is 2.65. The second kappa shape index (κ2) is 7.66. The lowest BCUT2D eigenvalue weighted by molar-refractivity contribution is -0.121. The molecule has 1 amide bonds. The number of benzene rings is 2. The summed E-state index contributed by atoms with van der Waals surface area (Å²) in [5.41, 5.74) is 3.06. The number of nitrogens with zero attached hydrogens (tertiary/aromatic N) is 2. The van der Waals surface area contributed by atoms with Crippen molar-refractivity contribution in [2.45, 2.75) is 19.4 Å². The summed E-state index contributed by atoms with van der Waals surface area (Å²) in [5.74, 6) is 0.784. The largest absolute Gasteiger partial charge is 0.497 e. The number of methoxy groups -OCH3 is 1. The molecule has 0 unspecified atom stereocenters. The van der Waals surface area contributed by atoms with E-state index in [2.05, 4.69) is 10.3 Å². The summed E-state index contributed by atoms with van der Waals surface area (Å²) in [7, 11) is 1.63. The van der Waals surface area contributed by atoms with Crippen LogP contribution in [-0.4, -0.2) is 22.6 Å². The van der Waals surface area contributed by atoms with Crippen molar-refractivity contribution < 1.29 is 9.53 Å². The number of amides is 1. The van der Waals surface area contributed by atoms with Gasteiger partial charge in [0.15, 0.2) is 0 Å². The maximum absolute atomic E-state index is 12.2. The van der Waals surface area contributed by atoms with Gasteiger partial charge >= 0.3 is 0 Å². The number of imidazole rings is 1. The summed E-state index contributed by atoms with van der Waals surface area (Å²) in [6.45, 7) is 1.98. The lowest BCUT2D eigenvalue weighted by Gasteiger charge is -2.15. The number of rotatable bonds is 6. The fourth-order valence-corrected chi connectivity index (χ4v) is 2.65. The van der Waals surface area contributed by atoms with E-state index in [1.807, 2.05) is 66.2 Å². The van der Waals surface area contributed by atoms with Gasteiger partial charge in [-0.2, -0.15) is 0 Å². The summed E-state index contributed by atoms with van der Waals surface area (Å²) in [6.07, 6.45) is 5.75. The van der Waals surface area contributed by atoms with Crippen molar-refractivity contribution in [3.63, 3.8) is 0 Å². The number of hydrogen-bond acceptors (Lipinski definition) is 3. The maximum Gasteiger partial charge on any atom is 0.224 e. The van der Waals surface area contributed by atoms with Crippen LogP contribution in [0.2, 0.25) is 0 Å². The minimum Gasteiger partial charge on any atom is -0.497 e. The van der Waals surface area contributed by atoms with E-state index in [1.54, 1.807) is 19.6 Å². The van der Waals surface area contributed by atoms with E-state index in [0.717, 1.165) is 22.6 Å². The van der Waals surface area contributed by atoms with Crippen LogP contribution in [0.4, 0.5) is 0 Å². The molecule has 0 bridgehead atoms. The van der Waals surface area contributed by atoms with Gasteiger partial charge in [-0.3, -0.25) is 4.79 Å². The Kier molecular flexibility index (Phi) is 5.14. The summed E-state index contributed by atoms with van der Waals surface area (Å²) < 4.78 is 7.07. The van der Waals surface area contributed by atoms with E-state index < -0.39 is 0 Å². The molecule has 5 heteroatoms. The Balaban J connectivity index is 1.59. The molecule has 1 aromatic heterocycles. The lowest BCUT2D eigenvalue weighted by atomic mass is 10.1. The van der Waals surface area contributed by atoms with E-state index in [4.69, 9.17) is 4.74 Å². The molecule has 1 atom stereocenters. The highest BCUT2D eigenvalue weighted by atomic mass is 16.5. The van der Waals surface area contributed by atoms with Crippen LogP contribution < -0.4 is 10.1 Å². The molecule has 0 spiro atoms. The molecule has 0 aliphatic carbocycles. The average molecular weight is 335 g/mol. The number of carbonyl (C=O) groups is 1. The van der Waals surface area contributed by atoms with E-state index >= 15 is 0 Å². The number of ether oxygens (including phenoxy) is 1. The van der Waals surface area contributed by atoms with Gasteiger partial charge in [0.2, 0.25) is 5.91 Å². The fraction of sp³-hybridized carbons (Fsp3) is 0.200. The van der Waals surface area contributed by atoms with E-state index in [0.29, 0.717) is 6.42 Å². The zero-order chi connectivity index (χ0) is 17.6. The minimum absolute atomic E-state index is 0.00338. The van der Waals surface area contributed by atoms with Gasteiger partial charge in [-0.15, -0.1) is 0 Å². The molecule has 128 valence electrons. The summed E-state index contributed by atoms with van der Waals surface area (Å²) in [6, 6.07) is 15.6. The van der Waals surface area contributed by atoms with Gasteiger partial charge in [0.1, 0.15) is 5.75 Å². The zero-order valence-electron chi connectivity index (χ0n) is 14.3. The number of hydrogen-bond donors (Lipinski definition) is 1. The molecule has 3 rings (SSSR count). The first-order chi connectivity index (χ1) is 12.2. The normalized spacial score (nSPS) is 11.8. The molecule has 0 aliphatic rings. The molecule has 0 saturated heterocycles. The highest BCUT2D eigenvalue weighted by Gasteiger charge is 2.10. The van der Waals surface area contributed by atoms with Crippen LogP contribution >= 0.6 is 0 Å². The molecule has 5 nitrogen and oxygen atoms in total. The van der Waals surface area contributed by atoms with Gasteiger partial charge in [0.05, 0.1) is 25.9 Å². The molecule has 1 N–H and O–H groups in total. The molecule has 0 aliphatic heterocycles. The van der Waals surface area contributed by atoms with Crippen molar-refractivity contribution in [2.24, 2.45) is 0 Å². The van der Waals surface area contributed by atoms with E-state index in [1.165, 1.54) is 0 Å². The third kappa shape index (κ3) is 4.26. The number of carbonyl (C=O) groups excluding carboxylic acids is 1. The smallest absolute Gasteiger partial charge is 0.224 e. The SMILES string of the molecule is COc1ccc(CC(=O)N[C@@H](C)c2ccc(-n3ccnc3)cc2)cc1. The van der Waals surface area contributed by atoms with E-state index in [9.17, 15) is 4.79 Å². The zero-order valence-corrected chi connectivity index (χ0v) is 14.3. The Labute approximate surface area is 147 Å². The van der Waals surface area contributed by atoms with Crippen LogP contribution in [0.25, 0.3) is 5.69 Å². The highest BCUT2D eigenvalue weighted by Crippen LogP contribution is 2.16. The van der Waals surface area contributed by atoms with Crippen molar-refractivity contribution >= 4 is 5.91 Å². The number of aromatic nitrogens is 2. The highest BCUT2D eigenvalue weighted by molar-refractivity contribution is 5.79. The lowest BCUT2D eigenvalue weighted by Crippen LogP contribution is -2.28. The van der Waals surface area contributed by atoms with Gasteiger partial charge in [0.25, 0.3) is 0 Å². The Bertz CT molecular complexity index is 809. The predicted octanol–water partition coefficient (Wildman–Crippen LogP) is 3.30. The summed E-state index contributed by atoms with van der Waals surface area (Å²) in [5, 5.41) is 3.04. The predicted molar refractivity (Wildman–Crippen MR) is 96.8 cm³/mol. The average Bonchev–Trinajstić information content (AvgIpc) is 3.17. The first kappa shape index (κ1) is 16.8. The van der Waals surface area contributed by atoms with Gasteiger partial charge < -0.3 is 14.6 Å². The third-order valence-electron chi connectivity index (χ3n) is 4.10. The molecule has 3 aromatic rings.